The van der Waals surface area contributed by atoms with Gasteiger partial charge in [-0.05, 0) is 60.6 Å². The first-order valence-electron chi connectivity index (χ1n) is 9.95. The number of benzene rings is 1. The number of ether oxygens (including phenoxy) is 1. The maximum Gasteiger partial charge on any atom is 0.319 e. The molecule has 2 heterocycles. The number of nitrogens with zero attached hydrogens (tertiary/aromatic N) is 2. The number of pyridine rings is 1. The summed E-state index contributed by atoms with van der Waals surface area (Å²) in [5.74, 6) is -0.607. The summed E-state index contributed by atoms with van der Waals surface area (Å²) < 4.78 is 4.80. The molecule has 1 aromatic carbocycles. The number of hydrogen-bond acceptors (Lipinski definition) is 5. The number of amides is 1. The van der Waals surface area contributed by atoms with Crippen LogP contribution in [-0.2, 0) is 22.4 Å². The van der Waals surface area contributed by atoms with Gasteiger partial charge in [0.2, 0.25) is 5.91 Å². The van der Waals surface area contributed by atoms with Crippen molar-refractivity contribution >= 4 is 17.4 Å². The number of nitrogens with two attached hydrogens (primary N) is 1. The number of hydrogen-bond donors (Lipinski definition) is 1. The minimum atomic E-state index is -0.405. The maximum absolute atomic E-state index is 11.7. The summed E-state index contributed by atoms with van der Waals surface area (Å²) in [6.45, 7) is 1.95. The summed E-state index contributed by atoms with van der Waals surface area (Å²) in [5.41, 5.74) is 13.1. The molecule has 2 aliphatic rings. The van der Waals surface area contributed by atoms with E-state index in [-0.39, 0.29) is 5.97 Å². The largest absolute Gasteiger partial charge is 0.468 e. The highest BCUT2D eigenvalue weighted by Gasteiger charge is 2.26. The summed E-state index contributed by atoms with van der Waals surface area (Å²) in [4.78, 5) is 30.1. The molecular weight excluding hydrogens is 366 g/mol. The molecule has 6 heteroatoms. The van der Waals surface area contributed by atoms with Gasteiger partial charge in [-0.15, -0.1) is 0 Å². The van der Waals surface area contributed by atoms with Gasteiger partial charge in [0.05, 0.1) is 19.3 Å². The first-order chi connectivity index (χ1) is 14.1. The van der Waals surface area contributed by atoms with Gasteiger partial charge in [0.15, 0.2) is 0 Å². The molecule has 1 saturated heterocycles. The Kier molecular flexibility index (Phi) is 5.45. The fourth-order valence-electron chi connectivity index (χ4n) is 4.30. The molecule has 6 nitrogen and oxygen atoms in total. The third-order valence-electron chi connectivity index (χ3n) is 5.84. The number of esters is 1. The van der Waals surface area contributed by atoms with Crippen molar-refractivity contribution in [1.82, 2.24) is 9.88 Å². The maximum atomic E-state index is 11.7. The summed E-state index contributed by atoms with van der Waals surface area (Å²) in [5, 5.41) is 0. The van der Waals surface area contributed by atoms with Gasteiger partial charge in [-0.1, -0.05) is 17.7 Å². The van der Waals surface area contributed by atoms with E-state index in [1.54, 1.807) is 0 Å². The van der Waals surface area contributed by atoms with Crippen LogP contribution in [0.1, 0.15) is 45.6 Å². The van der Waals surface area contributed by atoms with Crippen LogP contribution in [0.2, 0.25) is 0 Å². The van der Waals surface area contributed by atoms with E-state index in [0.717, 1.165) is 55.6 Å². The zero-order chi connectivity index (χ0) is 20.4. The van der Waals surface area contributed by atoms with Gasteiger partial charge in [0.1, 0.15) is 0 Å². The predicted octanol–water partition coefficient (Wildman–Crippen LogP) is 2.35. The van der Waals surface area contributed by atoms with E-state index in [1.807, 2.05) is 30.5 Å². The Morgan fingerprint density at radius 2 is 1.86 bits per heavy atom. The molecule has 0 radical (unpaired) electrons. The lowest BCUT2D eigenvalue weighted by atomic mass is 9.88. The van der Waals surface area contributed by atoms with Crippen molar-refractivity contribution in [3.05, 3.63) is 70.0 Å². The van der Waals surface area contributed by atoms with Crippen molar-refractivity contribution in [2.24, 2.45) is 5.73 Å². The number of piperidine rings is 1. The number of aromatic nitrogens is 1. The van der Waals surface area contributed by atoms with Crippen LogP contribution in [0.25, 0.3) is 5.57 Å². The number of primary amides is 1. The molecular formula is C23H25N3O3. The highest BCUT2D eigenvalue weighted by molar-refractivity contribution is 5.94. The van der Waals surface area contributed by atoms with Crippen LogP contribution >= 0.6 is 0 Å². The van der Waals surface area contributed by atoms with E-state index < -0.39 is 5.91 Å². The molecule has 1 amide bonds. The third kappa shape index (κ3) is 3.93. The zero-order valence-corrected chi connectivity index (χ0v) is 16.6. The topological polar surface area (TPSA) is 85.5 Å². The van der Waals surface area contributed by atoms with E-state index in [1.165, 1.54) is 23.8 Å². The molecule has 1 aromatic heterocycles. The highest BCUT2D eigenvalue weighted by atomic mass is 16.5. The van der Waals surface area contributed by atoms with Crippen LogP contribution < -0.4 is 5.73 Å². The van der Waals surface area contributed by atoms with Gasteiger partial charge >= 0.3 is 5.97 Å². The Labute approximate surface area is 170 Å². The Bertz CT molecular complexity index is 987. The van der Waals surface area contributed by atoms with Gasteiger partial charge in [0, 0.05) is 30.4 Å². The normalized spacial score (nSPS) is 16.6. The van der Waals surface area contributed by atoms with E-state index in [9.17, 15) is 9.59 Å². The van der Waals surface area contributed by atoms with Crippen LogP contribution in [0, 0.1) is 0 Å². The zero-order valence-electron chi connectivity index (χ0n) is 16.6. The SMILES string of the molecule is COC(=O)CN1CCC(=C2c3ccc(C(N)=O)cc3CCc3cccnc32)CC1. The summed E-state index contributed by atoms with van der Waals surface area (Å²) in [6.07, 6.45) is 5.32. The Morgan fingerprint density at radius 1 is 1.10 bits per heavy atom. The molecule has 0 unspecified atom stereocenters. The minimum absolute atomic E-state index is 0.202. The lowest BCUT2D eigenvalue weighted by molar-refractivity contribution is -0.142. The average molecular weight is 391 g/mol. The van der Waals surface area contributed by atoms with E-state index in [4.69, 9.17) is 15.5 Å². The quantitative estimate of drug-likeness (QED) is 0.812. The van der Waals surface area contributed by atoms with Crippen LogP contribution in [0.5, 0.6) is 0 Å². The fraction of sp³-hybridized carbons (Fsp3) is 0.348. The second-order valence-corrected chi connectivity index (χ2v) is 7.58. The first kappa shape index (κ1) is 19.3. The number of methoxy groups -OCH3 is 1. The molecule has 150 valence electrons. The van der Waals surface area contributed by atoms with Crippen LogP contribution in [0.15, 0.2) is 42.1 Å². The predicted molar refractivity (Wildman–Crippen MR) is 110 cm³/mol. The third-order valence-corrected chi connectivity index (χ3v) is 5.84. The number of fused-ring (bicyclic) bond motifs is 2. The fourth-order valence-corrected chi connectivity index (χ4v) is 4.30. The molecule has 1 fully saturated rings. The second kappa shape index (κ2) is 8.17. The molecule has 1 aliphatic heterocycles. The highest BCUT2D eigenvalue weighted by Crippen LogP contribution is 2.37. The second-order valence-electron chi connectivity index (χ2n) is 7.58. The average Bonchev–Trinajstić information content (AvgIpc) is 2.90. The van der Waals surface area contributed by atoms with E-state index in [2.05, 4.69) is 11.0 Å². The lowest BCUT2D eigenvalue weighted by Gasteiger charge is -2.29. The molecule has 2 aromatic rings. The van der Waals surface area contributed by atoms with Gasteiger partial charge in [-0.2, -0.15) is 0 Å². The number of likely N-dealkylation sites (tertiary alicyclic amines) is 1. The van der Waals surface area contributed by atoms with Gasteiger partial charge in [-0.3, -0.25) is 19.5 Å². The van der Waals surface area contributed by atoms with Gasteiger partial charge in [-0.25, -0.2) is 0 Å². The number of rotatable bonds is 3. The van der Waals surface area contributed by atoms with Crippen molar-refractivity contribution in [2.75, 3.05) is 26.7 Å². The molecule has 0 spiro atoms. The van der Waals surface area contributed by atoms with E-state index >= 15 is 0 Å². The van der Waals surface area contributed by atoms with E-state index in [0.29, 0.717) is 12.1 Å². The standard InChI is InChI=1S/C23H25N3O3/c1-29-20(27)14-26-11-8-15(9-12-26)21-19-7-6-18(23(24)28)13-17(19)5-4-16-3-2-10-25-22(16)21/h2-3,6-7,10,13H,4-5,8-9,11-12,14H2,1H3,(H2,24,28). The number of carbonyl (C=O) groups is 2. The van der Waals surface area contributed by atoms with Gasteiger partial charge < -0.3 is 10.5 Å². The Morgan fingerprint density at radius 3 is 2.59 bits per heavy atom. The van der Waals surface area contributed by atoms with Gasteiger partial charge in [0.25, 0.3) is 0 Å². The van der Waals surface area contributed by atoms with Crippen LogP contribution in [0.3, 0.4) is 0 Å². The molecule has 1 aliphatic carbocycles. The van der Waals surface area contributed by atoms with Crippen LogP contribution in [0.4, 0.5) is 0 Å². The number of carbonyl (C=O) groups excluding carboxylic acids is 2. The Balaban J connectivity index is 1.75. The summed E-state index contributed by atoms with van der Waals surface area (Å²) in [6, 6.07) is 9.86. The number of aryl methyl sites for hydroxylation is 2. The molecule has 0 atom stereocenters. The van der Waals surface area contributed by atoms with Crippen molar-refractivity contribution in [1.29, 1.82) is 0 Å². The van der Waals surface area contributed by atoms with Crippen molar-refractivity contribution < 1.29 is 14.3 Å². The first-order valence-corrected chi connectivity index (χ1v) is 9.95. The summed E-state index contributed by atoms with van der Waals surface area (Å²) >= 11 is 0. The molecule has 4 rings (SSSR count). The molecule has 29 heavy (non-hydrogen) atoms. The summed E-state index contributed by atoms with van der Waals surface area (Å²) in [7, 11) is 1.42. The smallest absolute Gasteiger partial charge is 0.319 e. The van der Waals surface area contributed by atoms with Crippen molar-refractivity contribution in [3.8, 4) is 0 Å². The minimum Gasteiger partial charge on any atom is -0.468 e. The monoisotopic (exact) mass is 391 g/mol. The molecule has 0 bridgehead atoms. The Hall–Kier alpha value is -2.99. The molecule has 0 saturated carbocycles. The molecule has 2 N–H and O–H groups in total. The van der Waals surface area contributed by atoms with Crippen molar-refractivity contribution in [2.45, 2.75) is 25.7 Å². The van der Waals surface area contributed by atoms with Crippen molar-refractivity contribution in [3.63, 3.8) is 0 Å². The van der Waals surface area contributed by atoms with Crippen LogP contribution in [-0.4, -0.2) is 48.5 Å². The lowest BCUT2D eigenvalue weighted by Crippen LogP contribution is -2.35.